The van der Waals surface area contributed by atoms with E-state index < -0.39 is 17.4 Å². The maximum atomic E-state index is 2.89. The van der Waals surface area contributed by atoms with Crippen LogP contribution in [0.25, 0.3) is 56.7 Å². The average Bonchev–Trinajstić information content (AvgIpc) is 3.97. The van der Waals surface area contributed by atoms with Gasteiger partial charge in [-0.2, -0.15) is 0 Å². The molecule has 8 aromatic rings. The average molecular weight is 1010 g/mol. The molecule has 0 nitrogen and oxygen atoms in total. The maximum absolute atomic E-state index is 4.48. The van der Waals surface area contributed by atoms with Gasteiger partial charge >= 0.3 is 425 Å². The molecule has 0 N–H and O–H groups in total. The molecule has 0 bridgehead atoms. The molecule has 0 heterocycles. The molecule has 0 aromatic heterocycles. The van der Waals surface area contributed by atoms with Crippen molar-refractivity contribution in [3.05, 3.63) is 249 Å². The molecular weight excluding hydrogens is 936 g/mol. The van der Waals surface area contributed by atoms with Gasteiger partial charge in [0.15, 0.2) is 0 Å². The SMILES string of the molecule is CCC(CC1=Cc2c(-c3ccc(C)cc3)ccc(-c3ccc(C)cc3)c2[CH]1[Zr]([CH3])([CH3])(=[SiH2])[CH]1C(CC(CC)c2ccccc2)=Cc2c(-c3ccc(C)cc3)ccc(-c3ccc(C)cc3)c21)c1ccccc1. The van der Waals surface area contributed by atoms with Gasteiger partial charge in [0.05, 0.1) is 0 Å². The van der Waals surface area contributed by atoms with Gasteiger partial charge in [0, 0.05) is 0 Å². The summed E-state index contributed by atoms with van der Waals surface area (Å²) in [4.78, 5) is 0. The molecule has 0 amide bonds. The van der Waals surface area contributed by atoms with Gasteiger partial charge in [-0.25, -0.2) is 0 Å². The summed E-state index contributed by atoms with van der Waals surface area (Å²) in [6, 6.07) is 70.2. The van der Waals surface area contributed by atoms with Gasteiger partial charge in [0.1, 0.15) is 0 Å². The van der Waals surface area contributed by atoms with Crippen molar-refractivity contribution < 1.29 is 17.4 Å². The molecule has 8 aromatic carbocycles. The molecular formula is C68H70SiZr. The molecule has 10 rings (SSSR count). The Kier molecular flexibility index (Phi) is 13.4. The van der Waals surface area contributed by atoms with Crippen LogP contribution in [0.2, 0.25) is 9.26 Å². The van der Waals surface area contributed by atoms with E-state index >= 15 is 0 Å². The molecule has 4 atom stereocenters. The predicted octanol–water partition coefficient (Wildman–Crippen LogP) is 18.7. The van der Waals surface area contributed by atoms with Crippen LogP contribution in [0.3, 0.4) is 0 Å². The Labute approximate surface area is 422 Å². The molecule has 2 aliphatic rings. The van der Waals surface area contributed by atoms with Crippen LogP contribution < -0.4 is 0 Å². The Balaban J connectivity index is 1.29. The first kappa shape index (κ1) is 48.0. The van der Waals surface area contributed by atoms with Crippen LogP contribution in [-0.4, -0.2) is 6.88 Å². The summed E-state index contributed by atoms with van der Waals surface area (Å²) in [6.07, 6.45) is 9.73. The van der Waals surface area contributed by atoms with E-state index in [1.165, 1.54) is 89.0 Å². The third-order valence-electron chi connectivity index (χ3n) is 16.4. The Hall–Kier alpha value is -5.66. The van der Waals surface area contributed by atoms with Gasteiger partial charge in [-0.05, 0) is 0 Å². The minimum absolute atomic E-state index is 0.291. The van der Waals surface area contributed by atoms with Crippen LogP contribution in [0, 0.1) is 27.7 Å². The molecule has 0 saturated heterocycles. The van der Waals surface area contributed by atoms with Crippen molar-refractivity contribution in [1.82, 2.24) is 0 Å². The Morgan fingerprint density at radius 1 is 0.386 bits per heavy atom. The van der Waals surface area contributed by atoms with Crippen LogP contribution in [0.1, 0.15) is 114 Å². The van der Waals surface area contributed by atoms with Crippen molar-refractivity contribution in [2.75, 3.05) is 0 Å². The summed E-state index contributed by atoms with van der Waals surface area (Å²) in [7, 11) is 0. The second-order valence-corrected chi connectivity index (χ2v) is 52.6. The number of allylic oxidation sites excluding steroid dienone is 2. The van der Waals surface area contributed by atoms with Crippen LogP contribution in [0.5, 0.6) is 0 Å². The second kappa shape index (κ2) is 19.5. The van der Waals surface area contributed by atoms with Crippen molar-refractivity contribution in [1.29, 1.82) is 0 Å². The molecule has 2 aliphatic carbocycles. The van der Waals surface area contributed by atoms with Crippen molar-refractivity contribution in [3.63, 3.8) is 0 Å². The van der Waals surface area contributed by atoms with Crippen molar-refractivity contribution in [3.8, 4) is 44.5 Å². The first-order valence-corrected chi connectivity index (χ1v) is 39.7. The van der Waals surface area contributed by atoms with Crippen LogP contribution in [0.15, 0.2) is 193 Å². The normalized spacial score (nSPS) is 16.3. The van der Waals surface area contributed by atoms with Gasteiger partial charge in [-0.15, -0.1) is 0 Å². The van der Waals surface area contributed by atoms with Crippen LogP contribution in [0.4, 0.5) is 0 Å². The fourth-order valence-electron chi connectivity index (χ4n) is 12.8. The zero-order valence-electron chi connectivity index (χ0n) is 42.8. The topological polar surface area (TPSA) is 0 Å². The van der Waals surface area contributed by atoms with E-state index in [1.54, 1.807) is 22.3 Å². The Bertz CT molecular complexity index is 3090. The quantitative estimate of drug-likeness (QED) is 0.0953. The number of rotatable bonds is 14. The van der Waals surface area contributed by atoms with Gasteiger partial charge in [-0.1, -0.05) is 0 Å². The number of aryl methyl sites for hydroxylation is 4. The monoisotopic (exact) mass is 1000 g/mol. The molecule has 0 aliphatic heterocycles. The van der Waals surface area contributed by atoms with E-state index in [0.717, 1.165) is 25.7 Å². The van der Waals surface area contributed by atoms with E-state index in [1.807, 2.05) is 0 Å². The number of fused-ring (bicyclic) bond motifs is 2. The minimum atomic E-state index is -4.48. The predicted molar refractivity (Wildman–Crippen MR) is 303 cm³/mol. The van der Waals surface area contributed by atoms with E-state index in [2.05, 4.69) is 252 Å². The van der Waals surface area contributed by atoms with Crippen LogP contribution in [-0.2, 0) is 17.4 Å². The summed E-state index contributed by atoms with van der Waals surface area (Å²) in [5.74, 6) is 0.821. The molecule has 2 heteroatoms. The summed E-state index contributed by atoms with van der Waals surface area (Å²) in [6.45, 7) is 16.2. The Morgan fingerprint density at radius 3 is 0.971 bits per heavy atom. The first-order valence-electron chi connectivity index (χ1n) is 26.0. The molecule has 70 heavy (non-hydrogen) atoms. The van der Waals surface area contributed by atoms with Crippen LogP contribution >= 0.6 is 0 Å². The molecule has 4 unspecified atom stereocenters. The van der Waals surface area contributed by atoms with Gasteiger partial charge in [-0.3, -0.25) is 0 Å². The third kappa shape index (κ3) is 9.12. The standard InChI is InChI=1S/2C33H31.2CH3.H2Si.Zr/c2*1-4-26(27-8-6-5-7-9-27)20-25-21-32-30(28-14-10-23(2)11-15-28)18-19-31(33(32)22-25)29-16-12-24(3)13-17-29;;;;/h2*5-19,21-22,26H,4,20H2,1-3H3;2*1H3;1H2;. The molecule has 0 saturated carbocycles. The summed E-state index contributed by atoms with van der Waals surface area (Å²) in [5, 5.41) is 0. The zero-order valence-corrected chi connectivity index (χ0v) is 46.7. The number of hydrogen-bond acceptors (Lipinski definition) is 0. The molecule has 350 valence electrons. The van der Waals surface area contributed by atoms with E-state index in [0.29, 0.717) is 19.1 Å². The Morgan fingerprint density at radius 2 is 0.671 bits per heavy atom. The molecule has 0 spiro atoms. The fourth-order valence-corrected chi connectivity index (χ4v) is 32.3. The van der Waals surface area contributed by atoms with Gasteiger partial charge < -0.3 is 0 Å². The first-order chi connectivity index (χ1) is 33.8. The van der Waals surface area contributed by atoms with Gasteiger partial charge in [0.25, 0.3) is 0 Å². The molecule has 0 fully saturated rings. The number of hydrogen-bond donors (Lipinski definition) is 0. The summed E-state index contributed by atoms with van der Waals surface area (Å²) in [5.41, 5.74) is 28.1. The second-order valence-electron chi connectivity index (χ2n) is 22.1. The van der Waals surface area contributed by atoms with E-state index in [9.17, 15) is 0 Å². The number of benzene rings is 8. The van der Waals surface area contributed by atoms with Gasteiger partial charge in [0.2, 0.25) is 0 Å². The summed E-state index contributed by atoms with van der Waals surface area (Å²) < 4.78 is 6.37. The van der Waals surface area contributed by atoms with Crippen molar-refractivity contribution in [2.45, 2.75) is 95.6 Å². The fraction of sp³-hybridized carbons (Fsp3) is 0.235. The van der Waals surface area contributed by atoms with Crippen molar-refractivity contribution >= 4 is 19.0 Å². The zero-order chi connectivity index (χ0) is 48.8. The third-order valence-corrected chi connectivity index (χ3v) is 33.8. The van der Waals surface area contributed by atoms with E-state index in [4.69, 9.17) is 0 Å². The molecule has 0 radical (unpaired) electrons. The van der Waals surface area contributed by atoms with E-state index in [-0.39, 0.29) is 0 Å². The van der Waals surface area contributed by atoms with Crippen molar-refractivity contribution in [2.24, 2.45) is 0 Å². The summed E-state index contributed by atoms with van der Waals surface area (Å²) >= 11 is -4.48.